The molecule has 1 saturated carbocycles. The molecule has 102 valence electrons. The average Bonchev–Trinajstić information content (AvgIpc) is 2.86. The number of nitrogens with two attached hydrogens (primary N) is 1. The van der Waals surface area contributed by atoms with Crippen molar-refractivity contribution in [2.75, 3.05) is 0 Å². The fourth-order valence-electron chi connectivity index (χ4n) is 3.29. The van der Waals surface area contributed by atoms with Crippen molar-refractivity contribution in [1.82, 2.24) is 9.59 Å². The molecule has 3 atom stereocenters. The summed E-state index contributed by atoms with van der Waals surface area (Å²) in [6, 6.07) is 0.164. The minimum Gasteiger partial charge on any atom is -0.323 e. The Balaban J connectivity index is 2.13. The molecular weight excluding hydrogens is 242 g/mol. The van der Waals surface area contributed by atoms with Gasteiger partial charge >= 0.3 is 0 Å². The van der Waals surface area contributed by atoms with E-state index in [-0.39, 0.29) is 6.04 Å². The number of nitrogens with zero attached hydrogens (tertiary/aromatic N) is 2. The molecule has 0 aromatic carbocycles. The summed E-state index contributed by atoms with van der Waals surface area (Å²) in [5.41, 5.74) is 7.69. The van der Waals surface area contributed by atoms with Crippen molar-refractivity contribution in [2.45, 2.75) is 64.8 Å². The zero-order chi connectivity index (χ0) is 13.0. The molecule has 0 spiro atoms. The van der Waals surface area contributed by atoms with E-state index in [1.165, 1.54) is 48.5 Å². The topological polar surface area (TPSA) is 51.8 Å². The van der Waals surface area contributed by atoms with E-state index in [1.54, 1.807) is 0 Å². The molecule has 2 N–H and O–H groups in total. The predicted molar refractivity (Wildman–Crippen MR) is 76.6 cm³/mol. The highest BCUT2D eigenvalue weighted by Crippen LogP contribution is 2.40. The Kier molecular flexibility index (Phi) is 5.13. The number of hydrogen-bond acceptors (Lipinski definition) is 4. The van der Waals surface area contributed by atoms with Gasteiger partial charge in [-0.3, -0.25) is 0 Å². The van der Waals surface area contributed by atoms with E-state index in [0.29, 0.717) is 5.92 Å². The zero-order valence-corrected chi connectivity index (χ0v) is 12.4. The van der Waals surface area contributed by atoms with Gasteiger partial charge in [0.15, 0.2) is 0 Å². The second-order valence-electron chi connectivity index (χ2n) is 5.48. The van der Waals surface area contributed by atoms with Crippen molar-refractivity contribution in [3.05, 3.63) is 10.6 Å². The molecule has 1 fully saturated rings. The van der Waals surface area contributed by atoms with E-state index in [9.17, 15) is 0 Å². The molecule has 4 heteroatoms. The van der Waals surface area contributed by atoms with Crippen LogP contribution in [0.2, 0.25) is 0 Å². The summed E-state index contributed by atoms with van der Waals surface area (Å²) in [5.74, 6) is 1.44. The van der Waals surface area contributed by atoms with E-state index in [0.717, 1.165) is 24.5 Å². The van der Waals surface area contributed by atoms with Gasteiger partial charge in [0.2, 0.25) is 0 Å². The molecule has 3 unspecified atom stereocenters. The van der Waals surface area contributed by atoms with Gasteiger partial charge in [-0.1, -0.05) is 50.4 Å². The van der Waals surface area contributed by atoms with Gasteiger partial charge in [0.05, 0.1) is 10.6 Å². The van der Waals surface area contributed by atoms with Gasteiger partial charge in [-0.2, -0.15) is 0 Å². The molecule has 2 rings (SSSR count). The maximum absolute atomic E-state index is 6.54. The lowest BCUT2D eigenvalue weighted by Crippen LogP contribution is -2.30. The summed E-state index contributed by atoms with van der Waals surface area (Å²) < 4.78 is 4.12. The second kappa shape index (κ2) is 6.62. The molecule has 0 bridgehead atoms. The molecule has 1 aromatic heterocycles. The Morgan fingerprint density at radius 3 is 2.83 bits per heavy atom. The lowest BCUT2D eigenvalue weighted by Gasteiger charge is -2.34. The van der Waals surface area contributed by atoms with Crippen molar-refractivity contribution >= 4 is 11.5 Å². The quantitative estimate of drug-likeness (QED) is 0.885. The van der Waals surface area contributed by atoms with Crippen molar-refractivity contribution in [2.24, 2.45) is 17.6 Å². The molecule has 0 radical (unpaired) electrons. The molecule has 3 nitrogen and oxygen atoms in total. The van der Waals surface area contributed by atoms with E-state index >= 15 is 0 Å². The highest BCUT2D eigenvalue weighted by Gasteiger charge is 2.31. The maximum Gasteiger partial charge on any atom is 0.0803 e. The summed E-state index contributed by atoms with van der Waals surface area (Å²) in [6.07, 6.45) is 8.74. The Labute approximate surface area is 114 Å². The van der Waals surface area contributed by atoms with Crippen molar-refractivity contribution in [1.29, 1.82) is 0 Å². The van der Waals surface area contributed by atoms with Crippen LogP contribution in [-0.4, -0.2) is 9.59 Å². The molecule has 18 heavy (non-hydrogen) atoms. The minimum absolute atomic E-state index is 0.164. The van der Waals surface area contributed by atoms with Crippen LogP contribution in [0.3, 0.4) is 0 Å². The van der Waals surface area contributed by atoms with E-state index in [4.69, 9.17) is 5.73 Å². The Hall–Kier alpha value is -0.480. The Morgan fingerprint density at radius 2 is 2.11 bits per heavy atom. The lowest BCUT2D eigenvalue weighted by atomic mass is 9.73. The van der Waals surface area contributed by atoms with Crippen molar-refractivity contribution in [3.8, 4) is 0 Å². The van der Waals surface area contributed by atoms with Crippen LogP contribution >= 0.6 is 11.5 Å². The standard InChI is InChI=1S/C14H25N3S/c1-3-7-12-14(18-17-16-12)13(15)11-9-6-5-8-10(11)4-2/h10-11,13H,3-9,15H2,1-2H3. The highest BCUT2D eigenvalue weighted by atomic mass is 32.1. The van der Waals surface area contributed by atoms with Gasteiger partial charge in [0.25, 0.3) is 0 Å². The SMILES string of the molecule is CCCc1nnsc1C(N)C1CCCCC1CC. The van der Waals surface area contributed by atoms with Crippen molar-refractivity contribution < 1.29 is 0 Å². The van der Waals surface area contributed by atoms with E-state index in [2.05, 4.69) is 23.4 Å². The van der Waals surface area contributed by atoms with Crippen LogP contribution in [0.5, 0.6) is 0 Å². The molecule has 1 aromatic rings. The predicted octanol–water partition coefficient (Wildman–Crippen LogP) is 3.71. The third-order valence-corrected chi connectivity index (χ3v) is 5.20. The van der Waals surface area contributed by atoms with Gasteiger partial charge in [0.1, 0.15) is 0 Å². The first-order chi connectivity index (χ1) is 8.77. The minimum atomic E-state index is 0.164. The Bertz CT molecular complexity index is 364. The fraction of sp³-hybridized carbons (Fsp3) is 0.857. The van der Waals surface area contributed by atoms with Crippen LogP contribution in [0.15, 0.2) is 0 Å². The third-order valence-electron chi connectivity index (χ3n) is 4.33. The van der Waals surface area contributed by atoms with Crippen molar-refractivity contribution in [3.63, 3.8) is 0 Å². The first-order valence-corrected chi connectivity index (χ1v) is 8.11. The fourth-order valence-corrected chi connectivity index (χ4v) is 4.06. The van der Waals surface area contributed by atoms with Gasteiger partial charge < -0.3 is 5.73 Å². The number of aromatic nitrogens is 2. The summed E-state index contributed by atoms with van der Waals surface area (Å²) in [4.78, 5) is 1.25. The van der Waals surface area contributed by atoms with Crippen LogP contribution in [-0.2, 0) is 6.42 Å². The molecule has 1 aliphatic rings. The molecular formula is C14H25N3S. The molecule has 0 saturated heterocycles. The van der Waals surface area contributed by atoms with Gasteiger partial charge in [-0.25, -0.2) is 0 Å². The normalized spacial score (nSPS) is 26.2. The average molecular weight is 267 g/mol. The molecule has 1 heterocycles. The summed E-state index contributed by atoms with van der Waals surface area (Å²) in [5, 5.41) is 4.26. The smallest absolute Gasteiger partial charge is 0.0803 e. The van der Waals surface area contributed by atoms with Crippen LogP contribution < -0.4 is 5.73 Å². The Morgan fingerprint density at radius 1 is 1.33 bits per heavy atom. The first-order valence-electron chi connectivity index (χ1n) is 7.34. The molecule has 0 amide bonds. The largest absolute Gasteiger partial charge is 0.323 e. The number of aryl methyl sites for hydroxylation is 1. The number of hydrogen-bond donors (Lipinski definition) is 1. The summed E-state index contributed by atoms with van der Waals surface area (Å²) >= 11 is 1.52. The van der Waals surface area contributed by atoms with E-state index < -0.39 is 0 Å². The van der Waals surface area contributed by atoms with Crippen LogP contribution in [0.25, 0.3) is 0 Å². The molecule has 1 aliphatic carbocycles. The zero-order valence-electron chi connectivity index (χ0n) is 11.6. The summed E-state index contributed by atoms with van der Waals surface area (Å²) in [6.45, 7) is 4.48. The maximum atomic E-state index is 6.54. The molecule has 0 aliphatic heterocycles. The first kappa shape index (κ1) is 13.9. The third kappa shape index (κ3) is 2.91. The van der Waals surface area contributed by atoms with Crippen LogP contribution in [0, 0.1) is 11.8 Å². The van der Waals surface area contributed by atoms with Crippen LogP contribution in [0.1, 0.15) is 69.0 Å². The number of rotatable bonds is 5. The second-order valence-corrected chi connectivity index (χ2v) is 6.26. The lowest BCUT2D eigenvalue weighted by molar-refractivity contribution is 0.197. The van der Waals surface area contributed by atoms with Gasteiger partial charge in [-0.15, -0.1) is 5.10 Å². The summed E-state index contributed by atoms with van der Waals surface area (Å²) in [7, 11) is 0. The highest BCUT2D eigenvalue weighted by molar-refractivity contribution is 7.05. The van der Waals surface area contributed by atoms with Crippen LogP contribution in [0.4, 0.5) is 0 Å². The monoisotopic (exact) mass is 267 g/mol. The van der Waals surface area contributed by atoms with E-state index in [1.807, 2.05) is 0 Å². The van der Waals surface area contributed by atoms with Gasteiger partial charge in [-0.05, 0) is 36.2 Å². The van der Waals surface area contributed by atoms with Gasteiger partial charge in [0, 0.05) is 6.04 Å².